The van der Waals surface area contributed by atoms with Crippen molar-refractivity contribution >= 4 is 23.1 Å². The van der Waals surface area contributed by atoms with Gasteiger partial charge in [-0.05, 0) is 6.92 Å². The number of aromatic nitrogens is 1. The number of carbonyl (C=O) groups is 1. The predicted octanol–water partition coefficient (Wildman–Crippen LogP) is 2.19. The highest BCUT2D eigenvalue weighted by Gasteiger charge is 2.17. The molecule has 5 nitrogen and oxygen atoms in total. The Bertz CT molecular complexity index is 578. The molecule has 0 saturated carbocycles. The van der Waals surface area contributed by atoms with Gasteiger partial charge in [-0.3, -0.25) is 0 Å². The third kappa shape index (κ3) is 3.10. The maximum Gasteiger partial charge on any atom is 0.349 e. The van der Waals surface area contributed by atoms with E-state index < -0.39 is 5.97 Å². The normalized spacial score (nSPS) is 10.4. The first-order valence-electron chi connectivity index (χ1n) is 5.87. The molecule has 2 rings (SSSR count). The highest BCUT2D eigenvalue weighted by atomic mass is 32.1. The Kier molecular flexibility index (Phi) is 4.13. The second kappa shape index (κ2) is 5.81. The molecule has 1 aromatic heterocycles. The topological polar surface area (TPSA) is 88.2 Å². The van der Waals surface area contributed by atoms with Gasteiger partial charge in [0.1, 0.15) is 5.01 Å². The molecule has 0 atom stereocenters. The van der Waals surface area contributed by atoms with E-state index in [4.69, 9.17) is 10.8 Å². The van der Waals surface area contributed by atoms with Crippen LogP contribution in [0.25, 0.3) is 10.6 Å². The number of aromatic carboxylic acids is 1. The summed E-state index contributed by atoms with van der Waals surface area (Å²) >= 11 is 1.16. The number of nitrogens with zero attached hydrogens (tertiary/aromatic N) is 1. The minimum atomic E-state index is -0.976. The maximum absolute atomic E-state index is 11.2. The molecule has 0 radical (unpaired) electrons. The number of aryl methyl sites for hydroxylation is 1. The summed E-state index contributed by atoms with van der Waals surface area (Å²) in [7, 11) is 0. The van der Waals surface area contributed by atoms with Gasteiger partial charge in [-0.2, -0.15) is 0 Å². The molecule has 0 amide bonds. The van der Waals surface area contributed by atoms with E-state index in [1.807, 2.05) is 31.2 Å². The first-order valence-corrected chi connectivity index (χ1v) is 6.68. The van der Waals surface area contributed by atoms with Crippen LogP contribution in [-0.2, 0) is 0 Å². The monoisotopic (exact) mass is 277 g/mol. The summed E-state index contributed by atoms with van der Waals surface area (Å²) in [6, 6.07) is 7.83. The number of nitrogens with two attached hydrogens (primary N) is 1. The van der Waals surface area contributed by atoms with Crippen LogP contribution in [0, 0.1) is 6.92 Å². The number of thiazole rings is 1. The number of hydrogen-bond donors (Lipinski definition) is 3. The summed E-state index contributed by atoms with van der Waals surface area (Å²) < 4.78 is 0. The van der Waals surface area contributed by atoms with E-state index in [1.165, 1.54) is 0 Å². The molecule has 0 unspecified atom stereocenters. The molecule has 1 heterocycles. The third-order valence-electron chi connectivity index (χ3n) is 2.56. The molecule has 1 aromatic carbocycles. The minimum absolute atomic E-state index is 0.212. The van der Waals surface area contributed by atoms with Crippen molar-refractivity contribution in [2.24, 2.45) is 5.73 Å². The first kappa shape index (κ1) is 13.5. The molecule has 0 spiro atoms. The largest absolute Gasteiger partial charge is 0.477 e. The second-order valence-corrected chi connectivity index (χ2v) is 5.08. The van der Waals surface area contributed by atoms with Gasteiger partial charge in [-0.1, -0.05) is 29.8 Å². The fraction of sp³-hybridized carbons (Fsp3) is 0.231. The van der Waals surface area contributed by atoms with E-state index in [0.717, 1.165) is 22.5 Å². The number of rotatable bonds is 5. The van der Waals surface area contributed by atoms with Crippen LogP contribution < -0.4 is 11.1 Å². The molecular formula is C13H15N3O2S. The van der Waals surface area contributed by atoms with Crippen LogP contribution in [0.3, 0.4) is 0 Å². The van der Waals surface area contributed by atoms with Crippen molar-refractivity contribution in [3.63, 3.8) is 0 Å². The van der Waals surface area contributed by atoms with Crippen molar-refractivity contribution in [1.29, 1.82) is 0 Å². The number of hydrogen-bond acceptors (Lipinski definition) is 5. The summed E-state index contributed by atoms with van der Waals surface area (Å²) in [6.07, 6.45) is 0. The van der Waals surface area contributed by atoms with Crippen molar-refractivity contribution < 1.29 is 9.90 Å². The van der Waals surface area contributed by atoms with Crippen LogP contribution in [0.2, 0.25) is 0 Å². The Labute approximate surface area is 115 Å². The van der Waals surface area contributed by atoms with Crippen LogP contribution in [0.4, 0.5) is 5.82 Å². The number of carboxylic acid groups (broad SMARTS) is 1. The Balaban J connectivity index is 2.36. The predicted molar refractivity (Wildman–Crippen MR) is 76.8 cm³/mol. The summed E-state index contributed by atoms with van der Waals surface area (Å²) in [6.45, 7) is 2.93. The van der Waals surface area contributed by atoms with Crippen LogP contribution in [-0.4, -0.2) is 29.1 Å². The Morgan fingerprint density at radius 3 is 2.68 bits per heavy atom. The number of anilines is 1. The lowest BCUT2D eigenvalue weighted by Gasteiger charge is -2.00. The van der Waals surface area contributed by atoms with Crippen molar-refractivity contribution in [2.75, 3.05) is 18.4 Å². The number of benzene rings is 1. The molecule has 0 bridgehead atoms. The zero-order valence-corrected chi connectivity index (χ0v) is 11.3. The van der Waals surface area contributed by atoms with Gasteiger partial charge < -0.3 is 16.2 Å². The zero-order chi connectivity index (χ0) is 13.8. The van der Waals surface area contributed by atoms with E-state index >= 15 is 0 Å². The fourth-order valence-electron chi connectivity index (χ4n) is 1.60. The van der Waals surface area contributed by atoms with Crippen molar-refractivity contribution in [2.45, 2.75) is 6.92 Å². The Morgan fingerprint density at radius 1 is 1.42 bits per heavy atom. The summed E-state index contributed by atoms with van der Waals surface area (Å²) in [5.41, 5.74) is 7.47. The summed E-state index contributed by atoms with van der Waals surface area (Å²) in [5.74, 6) is -0.589. The molecule has 0 aliphatic carbocycles. The quantitative estimate of drug-likeness (QED) is 0.779. The van der Waals surface area contributed by atoms with Crippen LogP contribution in [0.5, 0.6) is 0 Å². The smallest absolute Gasteiger partial charge is 0.349 e. The molecule has 0 saturated heterocycles. The molecule has 6 heteroatoms. The van der Waals surface area contributed by atoms with E-state index in [9.17, 15) is 4.79 Å². The molecule has 4 N–H and O–H groups in total. The fourth-order valence-corrected chi connectivity index (χ4v) is 2.48. The van der Waals surface area contributed by atoms with Crippen molar-refractivity contribution in [1.82, 2.24) is 4.98 Å². The molecule has 0 aliphatic heterocycles. The Morgan fingerprint density at radius 2 is 2.11 bits per heavy atom. The molecule has 19 heavy (non-hydrogen) atoms. The van der Waals surface area contributed by atoms with Crippen LogP contribution in [0.15, 0.2) is 24.3 Å². The van der Waals surface area contributed by atoms with Crippen molar-refractivity contribution in [3.8, 4) is 10.6 Å². The van der Waals surface area contributed by atoms with Gasteiger partial charge in [0.15, 0.2) is 10.7 Å². The SMILES string of the molecule is Cc1ccc(-c2nc(NCCN)c(C(=O)O)s2)cc1. The first-order chi connectivity index (χ1) is 9.11. The van der Waals surface area contributed by atoms with Gasteiger partial charge >= 0.3 is 5.97 Å². The van der Waals surface area contributed by atoms with Gasteiger partial charge in [0.05, 0.1) is 0 Å². The van der Waals surface area contributed by atoms with E-state index in [0.29, 0.717) is 23.9 Å². The highest BCUT2D eigenvalue weighted by Crippen LogP contribution is 2.31. The zero-order valence-electron chi connectivity index (χ0n) is 10.5. The van der Waals surface area contributed by atoms with E-state index in [2.05, 4.69) is 10.3 Å². The third-order valence-corrected chi connectivity index (χ3v) is 3.65. The number of carboxylic acids is 1. The summed E-state index contributed by atoms with van der Waals surface area (Å²) in [4.78, 5) is 15.7. The van der Waals surface area contributed by atoms with Crippen molar-refractivity contribution in [3.05, 3.63) is 34.7 Å². The number of nitrogens with one attached hydrogen (secondary N) is 1. The average Bonchev–Trinajstić information content (AvgIpc) is 2.81. The lowest BCUT2D eigenvalue weighted by atomic mass is 10.2. The van der Waals surface area contributed by atoms with E-state index in [-0.39, 0.29) is 4.88 Å². The van der Waals surface area contributed by atoms with Gasteiger partial charge in [0.25, 0.3) is 0 Å². The molecule has 100 valence electrons. The molecule has 0 fully saturated rings. The standard InChI is InChI=1S/C13H15N3O2S/c1-8-2-4-9(5-3-8)12-16-11(15-7-6-14)10(19-12)13(17)18/h2-5,15H,6-7,14H2,1H3,(H,17,18). The van der Waals surface area contributed by atoms with Gasteiger partial charge in [0, 0.05) is 18.7 Å². The minimum Gasteiger partial charge on any atom is -0.477 e. The van der Waals surface area contributed by atoms with E-state index in [1.54, 1.807) is 0 Å². The second-order valence-electron chi connectivity index (χ2n) is 4.08. The lowest BCUT2D eigenvalue weighted by Crippen LogP contribution is -2.14. The van der Waals surface area contributed by atoms with Crippen LogP contribution in [0.1, 0.15) is 15.2 Å². The average molecular weight is 277 g/mol. The van der Waals surface area contributed by atoms with Gasteiger partial charge in [-0.15, -0.1) is 11.3 Å². The Hall–Kier alpha value is -1.92. The molecule has 0 aliphatic rings. The summed E-state index contributed by atoms with van der Waals surface area (Å²) in [5, 5.41) is 12.8. The molecule has 2 aromatic rings. The molecular weight excluding hydrogens is 262 g/mol. The maximum atomic E-state index is 11.2. The van der Waals surface area contributed by atoms with Crippen LogP contribution >= 0.6 is 11.3 Å². The van der Waals surface area contributed by atoms with Gasteiger partial charge in [0.2, 0.25) is 0 Å². The lowest BCUT2D eigenvalue weighted by molar-refractivity contribution is 0.0703. The highest BCUT2D eigenvalue weighted by molar-refractivity contribution is 7.17. The van der Waals surface area contributed by atoms with Gasteiger partial charge in [-0.25, -0.2) is 9.78 Å².